The fraction of sp³-hybridized carbons (Fsp3) is 0.348. The second-order valence-corrected chi connectivity index (χ2v) is 7.61. The molecule has 1 aliphatic rings. The van der Waals surface area contributed by atoms with Crippen molar-refractivity contribution in [1.29, 1.82) is 0 Å². The van der Waals surface area contributed by atoms with E-state index in [0.717, 1.165) is 54.8 Å². The number of nitro groups is 1. The van der Waals surface area contributed by atoms with Crippen molar-refractivity contribution >= 4 is 22.6 Å². The van der Waals surface area contributed by atoms with E-state index in [2.05, 4.69) is 27.7 Å². The third-order valence-electron chi connectivity index (χ3n) is 5.70. The second kappa shape index (κ2) is 8.67. The van der Waals surface area contributed by atoms with E-state index in [4.69, 9.17) is 4.74 Å². The van der Waals surface area contributed by atoms with Gasteiger partial charge in [-0.15, -0.1) is 0 Å². The highest BCUT2D eigenvalue weighted by Gasteiger charge is 2.26. The van der Waals surface area contributed by atoms with Crippen molar-refractivity contribution in [3.8, 4) is 5.69 Å². The van der Waals surface area contributed by atoms with E-state index in [0.29, 0.717) is 6.61 Å². The molecular formula is C23H25N3O4. The average molecular weight is 407 g/mol. The highest BCUT2D eigenvalue weighted by atomic mass is 16.6. The van der Waals surface area contributed by atoms with Crippen LogP contribution in [0, 0.1) is 16.0 Å². The molecule has 0 N–H and O–H groups in total. The van der Waals surface area contributed by atoms with Crippen LogP contribution in [-0.4, -0.2) is 40.1 Å². The van der Waals surface area contributed by atoms with Crippen LogP contribution in [0.15, 0.2) is 54.6 Å². The van der Waals surface area contributed by atoms with Crippen molar-refractivity contribution in [2.45, 2.75) is 26.3 Å². The van der Waals surface area contributed by atoms with Crippen LogP contribution in [0.1, 0.15) is 25.5 Å². The summed E-state index contributed by atoms with van der Waals surface area (Å²) < 4.78 is 7.33. The lowest BCUT2D eigenvalue weighted by atomic mass is 9.97. The van der Waals surface area contributed by atoms with Gasteiger partial charge in [0.25, 0.3) is 5.69 Å². The summed E-state index contributed by atoms with van der Waals surface area (Å²) in [4.78, 5) is 25.0. The largest absolute Gasteiger partial charge is 0.466 e. The number of benzene rings is 2. The first-order valence-electron chi connectivity index (χ1n) is 10.3. The predicted octanol–water partition coefficient (Wildman–Crippen LogP) is 4.31. The van der Waals surface area contributed by atoms with Crippen molar-refractivity contribution in [2.75, 3.05) is 19.7 Å². The maximum absolute atomic E-state index is 12.0. The van der Waals surface area contributed by atoms with Gasteiger partial charge in [-0.2, -0.15) is 0 Å². The molecule has 0 atom stereocenters. The molecule has 4 rings (SSSR count). The number of rotatable bonds is 6. The number of aromatic nitrogens is 1. The summed E-state index contributed by atoms with van der Waals surface area (Å²) in [7, 11) is 0. The molecule has 30 heavy (non-hydrogen) atoms. The number of para-hydroxylation sites is 1. The van der Waals surface area contributed by atoms with Gasteiger partial charge in [-0.3, -0.25) is 19.8 Å². The van der Waals surface area contributed by atoms with E-state index in [1.54, 1.807) is 24.3 Å². The minimum atomic E-state index is -0.383. The van der Waals surface area contributed by atoms with Crippen LogP contribution in [0.3, 0.4) is 0 Å². The minimum Gasteiger partial charge on any atom is -0.466 e. The summed E-state index contributed by atoms with van der Waals surface area (Å²) in [6.07, 6.45) is 1.60. The Bertz CT molecular complexity index is 1050. The molecule has 3 aromatic rings. The van der Waals surface area contributed by atoms with Crippen molar-refractivity contribution in [3.05, 3.63) is 70.4 Å². The molecule has 0 saturated carbocycles. The van der Waals surface area contributed by atoms with Gasteiger partial charge in [-0.1, -0.05) is 18.2 Å². The van der Waals surface area contributed by atoms with E-state index in [1.807, 2.05) is 19.1 Å². The number of non-ortho nitro benzene ring substituents is 1. The van der Waals surface area contributed by atoms with Crippen LogP contribution in [-0.2, 0) is 16.1 Å². The van der Waals surface area contributed by atoms with Gasteiger partial charge in [0, 0.05) is 35.4 Å². The number of carbonyl (C=O) groups excluding carboxylic acids is 1. The highest BCUT2D eigenvalue weighted by molar-refractivity contribution is 5.83. The SMILES string of the molecule is CCOC(=O)C1CCN(Cc2cc3ccccc3n2-c2ccc([N+](=O)[O-])cc2)CC1. The number of carbonyl (C=O) groups is 1. The van der Waals surface area contributed by atoms with Gasteiger partial charge in [0.1, 0.15) is 0 Å². The number of hydrogen-bond acceptors (Lipinski definition) is 5. The molecule has 1 saturated heterocycles. The van der Waals surface area contributed by atoms with Crippen LogP contribution in [0.25, 0.3) is 16.6 Å². The predicted molar refractivity (Wildman–Crippen MR) is 115 cm³/mol. The normalized spacial score (nSPS) is 15.4. The van der Waals surface area contributed by atoms with Crippen LogP contribution in [0.5, 0.6) is 0 Å². The molecule has 1 aromatic heterocycles. The summed E-state index contributed by atoms with van der Waals surface area (Å²) >= 11 is 0. The Kier molecular flexibility index (Phi) is 5.81. The van der Waals surface area contributed by atoms with Gasteiger partial charge < -0.3 is 9.30 Å². The third kappa shape index (κ3) is 4.07. The molecule has 1 aliphatic heterocycles. The molecule has 0 aliphatic carbocycles. The standard InChI is InChI=1S/C23H25N3O4/c1-2-30-23(27)17-11-13-24(14-12-17)16-21-15-18-5-3-4-6-22(18)25(21)19-7-9-20(10-8-19)26(28)29/h3-10,15,17H,2,11-14,16H2,1H3. The molecule has 2 aromatic carbocycles. The van der Waals surface area contributed by atoms with Gasteiger partial charge in [0.15, 0.2) is 0 Å². The fourth-order valence-corrected chi connectivity index (χ4v) is 4.17. The Morgan fingerprint density at radius 1 is 1.13 bits per heavy atom. The van der Waals surface area contributed by atoms with E-state index >= 15 is 0 Å². The number of ether oxygens (including phenoxy) is 1. The summed E-state index contributed by atoms with van der Waals surface area (Å²) in [5.41, 5.74) is 3.18. The zero-order valence-electron chi connectivity index (χ0n) is 17.0. The molecule has 1 fully saturated rings. The first kappa shape index (κ1) is 20.1. The second-order valence-electron chi connectivity index (χ2n) is 7.61. The number of hydrogen-bond donors (Lipinski definition) is 0. The van der Waals surface area contributed by atoms with E-state index < -0.39 is 0 Å². The smallest absolute Gasteiger partial charge is 0.309 e. The number of nitro benzene ring substituents is 1. The lowest BCUT2D eigenvalue weighted by Crippen LogP contribution is -2.36. The quantitative estimate of drug-likeness (QED) is 0.346. The molecule has 0 amide bonds. The van der Waals surface area contributed by atoms with E-state index in [-0.39, 0.29) is 22.5 Å². The topological polar surface area (TPSA) is 77.6 Å². The number of nitrogens with zero attached hydrogens (tertiary/aromatic N) is 3. The number of esters is 1. The van der Waals surface area contributed by atoms with E-state index in [9.17, 15) is 14.9 Å². The summed E-state index contributed by atoms with van der Waals surface area (Å²) in [5.74, 6) is -0.0983. The Labute approximate surface area is 175 Å². The fourth-order valence-electron chi connectivity index (χ4n) is 4.17. The molecule has 0 radical (unpaired) electrons. The van der Waals surface area contributed by atoms with Crippen molar-refractivity contribution in [3.63, 3.8) is 0 Å². The van der Waals surface area contributed by atoms with Gasteiger partial charge in [0.05, 0.1) is 23.0 Å². The number of piperidine rings is 1. The molecule has 0 spiro atoms. The first-order chi connectivity index (χ1) is 14.6. The summed E-state index contributed by atoms with van der Waals surface area (Å²) in [5, 5.41) is 12.1. The first-order valence-corrected chi connectivity index (χ1v) is 10.3. The van der Waals surface area contributed by atoms with Crippen molar-refractivity contribution in [1.82, 2.24) is 9.47 Å². The van der Waals surface area contributed by atoms with Gasteiger partial charge >= 0.3 is 5.97 Å². The Morgan fingerprint density at radius 3 is 2.50 bits per heavy atom. The van der Waals surface area contributed by atoms with Gasteiger partial charge in [-0.05, 0) is 57.1 Å². The average Bonchev–Trinajstić information content (AvgIpc) is 3.12. The molecule has 7 heteroatoms. The highest BCUT2D eigenvalue weighted by Crippen LogP contribution is 2.28. The minimum absolute atomic E-state index is 0.0123. The molecule has 2 heterocycles. The Hall–Kier alpha value is -3.19. The number of fused-ring (bicyclic) bond motifs is 1. The van der Waals surface area contributed by atoms with Crippen molar-refractivity contribution in [2.24, 2.45) is 5.92 Å². The molecule has 7 nitrogen and oxygen atoms in total. The van der Waals surface area contributed by atoms with E-state index in [1.165, 1.54) is 0 Å². The molecular weight excluding hydrogens is 382 g/mol. The maximum atomic E-state index is 12.0. The summed E-state index contributed by atoms with van der Waals surface area (Å²) in [6, 6.07) is 17.0. The zero-order chi connectivity index (χ0) is 21.1. The Morgan fingerprint density at radius 2 is 1.83 bits per heavy atom. The van der Waals surface area contributed by atoms with Gasteiger partial charge in [0.2, 0.25) is 0 Å². The third-order valence-corrected chi connectivity index (χ3v) is 5.70. The van der Waals surface area contributed by atoms with Crippen LogP contribution < -0.4 is 0 Å². The van der Waals surface area contributed by atoms with Crippen LogP contribution in [0.4, 0.5) is 5.69 Å². The maximum Gasteiger partial charge on any atom is 0.309 e. The zero-order valence-corrected chi connectivity index (χ0v) is 17.0. The summed E-state index contributed by atoms with van der Waals surface area (Å²) in [6.45, 7) is 4.69. The Balaban J connectivity index is 1.58. The number of likely N-dealkylation sites (tertiary alicyclic amines) is 1. The molecule has 156 valence electrons. The lowest BCUT2D eigenvalue weighted by Gasteiger charge is -2.31. The monoisotopic (exact) mass is 407 g/mol. The molecule has 0 bridgehead atoms. The van der Waals surface area contributed by atoms with Gasteiger partial charge in [-0.25, -0.2) is 0 Å². The van der Waals surface area contributed by atoms with Crippen LogP contribution >= 0.6 is 0 Å². The van der Waals surface area contributed by atoms with Crippen molar-refractivity contribution < 1.29 is 14.5 Å². The molecule has 0 unspecified atom stereocenters. The van der Waals surface area contributed by atoms with Crippen LogP contribution in [0.2, 0.25) is 0 Å². The lowest BCUT2D eigenvalue weighted by molar-refractivity contribution is -0.384.